The highest BCUT2D eigenvalue weighted by molar-refractivity contribution is 7.99. The third-order valence-electron chi connectivity index (χ3n) is 2.64. The van der Waals surface area contributed by atoms with E-state index in [1.165, 1.54) is 11.8 Å². The number of thioether (sulfide) groups is 1. The molecule has 1 N–H and O–H groups in total. The molecule has 1 aromatic heterocycles. The van der Waals surface area contributed by atoms with Crippen LogP contribution in [0.15, 0.2) is 40.9 Å². The predicted octanol–water partition coefficient (Wildman–Crippen LogP) is 2.91. The summed E-state index contributed by atoms with van der Waals surface area (Å²) < 4.78 is 5.08. The lowest BCUT2D eigenvalue weighted by atomic mass is 10.1. The molecule has 0 aliphatic heterocycles. The van der Waals surface area contributed by atoms with Crippen LogP contribution in [0.25, 0.3) is 0 Å². The minimum atomic E-state index is -0.801. The van der Waals surface area contributed by atoms with E-state index in [1.54, 1.807) is 0 Å². The van der Waals surface area contributed by atoms with Crippen LogP contribution in [0.2, 0.25) is 0 Å². The number of hydrogen-bond donors (Lipinski definition) is 1. The Balaban J connectivity index is 1.95. The SMILES string of the molecule is Cc1cc(CSC(Cc2ccccc2)C(=O)O)on1. The van der Waals surface area contributed by atoms with Gasteiger partial charge >= 0.3 is 5.97 Å². The van der Waals surface area contributed by atoms with Crippen molar-refractivity contribution < 1.29 is 14.4 Å². The first-order valence-corrected chi connectivity index (χ1v) is 7.00. The van der Waals surface area contributed by atoms with Crippen LogP contribution >= 0.6 is 11.8 Å². The van der Waals surface area contributed by atoms with Crippen LogP contribution in [-0.2, 0) is 17.0 Å². The fraction of sp³-hybridized carbons (Fsp3) is 0.286. The molecule has 0 aliphatic carbocycles. The van der Waals surface area contributed by atoms with Gasteiger partial charge in [0.05, 0.1) is 11.4 Å². The molecule has 0 bridgehead atoms. The van der Waals surface area contributed by atoms with Crippen LogP contribution in [0.3, 0.4) is 0 Å². The van der Waals surface area contributed by atoms with Gasteiger partial charge in [-0.25, -0.2) is 0 Å². The summed E-state index contributed by atoms with van der Waals surface area (Å²) in [5.74, 6) is 0.428. The Hall–Kier alpha value is -1.75. The van der Waals surface area contributed by atoms with E-state index in [-0.39, 0.29) is 0 Å². The van der Waals surface area contributed by atoms with E-state index in [0.29, 0.717) is 17.9 Å². The Morgan fingerprint density at radius 1 is 1.42 bits per heavy atom. The first-order valence-electron chi connectivity index (χ1n) is 5.95. The molecule has 19 heavy (non-hydrogen) atoms. The normalized spacial score (nSPS) is 12.3. The highest BCUT2D eigenvalue weighted by Gasteiger charge is 2.19. The van der Waals surface area contributed by atoms with Crippen LogP contribution in [0.1, 0.15) is 17.0 Å². The van der Waals surface area contributed by atoms with Crippen molar-refractivity contribution in [3.05, 3.63) is 53.4 Å². The van der Waals surface area contributed by atoms with Gasteiger partial charge in [-0.2, -0.15) is 0 Å². The minimum Gasteiger partial charge on any atom is -0.480 e. The first kappa shape index (κ1) is 13.7. The molecule has 1 atom stereocenters. The molecular formula is C14H15NO3S. The third kappa shape index (κ3) is 4.13. The molecule has 0 saturated heterocycles. The molecule has 0 fully saturated rings. The maximum atomic E-state index is 11.3. The number of benzene rings is 1. The van der Waals surface area contributed by atoms with Crippen LogP contribution in [0, 0.1) is 6.92 Å². The molecular weight excluding hydrogens is 262 g/mol. The second kappa shape index (κ2) is 6.43. The lowest BCUT2D eigenvalue weighted by Crippen LogP contribution is -2.19. The van der Waals surface area contributed by atoms with Crippen LogP contribution in [0.5, 0.6) is 0 Å². The molecule has 5 heteroatoms. The van der Waals surface area contributed by atoms with Gasteiger partial charge in [0.15, 0.2) is 0 Å². The maximum Gasteiger partial charge on any atom is 0.316 e. The van der Waals surface area contributed by atoms with Crippen molar-refractivity contribution in [3.8, 4) is 0 Å². The summed E-state index contributed by atoms with van der Waals surface area (Å²) in [6, 6.07) is 11.5. The van der Waals surface area contributed by atoms with Crippen LogP contribution < -0.4 is 0 Å². The number of aromatic nitrogens is 1. The van der Waals surface area contributed by atoms with Gasteiger partial charge < -0.3 is 9.63 Å². The summed E-state index contributed by atoms with van der Waals surface area (Å²) in [6.07, 6.45) is 0.508. The summed E-state index contributed by atoms with van der Waals surface area (Å²) in [5, 5.41) is 12.6. The Labute approximate surface area is 115 Å². The number of rotatable bonds is 6. The average Bonchev–Trinajstić information content (AvgIpc) is 2.81. The van der Waals surface area contributed by atoms with E-state index in [1.807, 2.05) is 43.3 Å². The quantitative estimate of drug-likeness (QED) is 0.879. The average molecular weight is 277 g/mol. The molecule has 0 amide bonds. The van der Waals surface area contributed by atoms with Crippen LogP contribution in [0.4, 0.5) is 0 Å². The smallest absolute Gasteiger partial charge is 0.316 e. The minimum absolute atomic E-state index is 0.479. The molecule has 1 heterocycles. The topological polar surface area (TPSA) is 63.3 Å². The van der Waals surface area contributed by atoms with Gasteiger partial charge in [-0.3, -0.25) is 4.79 Å². The predicted molar refractivity (Wildman–Crippen MR) is 74.1 cm³/mol. The van der Waals surface area contributed by atoms with Gasteiger partial charge in [0.25, 0.3) is 0 Å². The summed E-state index contributed by atoms with van der Waals surface area (Å²) in [6.45, 7) is 1.84. The van der Waals surface area contributed by atoms with Crippen molar-refractivity contribution in [2.24, 2.45) is 0 Å². The second-order valence-electron chi connectivity index (χ2n) is 4.26. The Morgan fingerprint density at radius 3 is 2.74 bits per heavy atom. The van der Waals surface area contributed by atoms with Crippen molar-refractivity contribution in [2.45, 2.75) is 24.3 Å². The molecule has 0 saturated carbocycles. The van der Waals surface area contributed by atoms with Crippen molar-refractivity contribution in [1.82, 2.24) is 5.16 Å². The molecule has 1 aromatic carbocycles. The summed E-state index contributed by atoms with van der Waals surface area (Å²) in [5.41, 5.74) is 1.83. The van der Waals surface area contributed by atoms with Crippen molar-refractivity contribution in [2.75, 3.05) is 0 Å². The third-order valence-corrected chi connectivity index (χ3v) is 3.86. The van der Waals surface area contributed by atoms with Crippen molar-refractivity contribution in [1.29, 1.82) is 0 Å². The number of aliphatic carboxylic acids is 1. The maximum absolute atomic E-state index is 11.3. The van der Waals surface area contributed by atoms with E-state index < -0.39 is 11.2 Å². The largest absolute Gasteiger partial charge is 0.480 e. The summed E-state index contributed by atoms with van der Waals surface area (Å²) in [7, 11) is 0. The monoisotopic (exact) mass is 277 g/mol. The van der Waals surface area contributed by atoms with Crippen molar-refractivity contribution >= 4 is 17.7 Å². The van der Waals surface area contributed by atoms with Gasteiger partial charge in [0, 0.05) is 6.07 Å². The Bertz CT molecular complexity index is 539. The zero-order chi connectivity index (χ0) is 13.7. The van der Waals surface area contributed by atoms with E-state index >= 15 is 0 Å². The van der Waals surface area contributed by atoms with Gasteiger partial charge in [-0.15, -0.1) is 11.8 Å². The Morgan fingerprint density at radius 2 is 2.16 bits per heavy atom. The fourth-order valence-electron chi connectivity index (χ4n) is 1.71. The lowest BCUT2D eigenvalue weighted by molar-refractivity contribution is -0.136. The van der Waals surface area contributed by atoms with E-state index in [2.05, 4.69) is 5.16 Å². The van der Waals surface area contributed by atoms with E-state index in [0.717, 1.165) is 11.3 Å². The summed E-state index contributed by atoms with van der Waals surface area (Å²) >= 11 is 1.36. The number of aryl methyl sites for hydroxylation is 1. The van der Waals surface area contributed by atoms with E-state index in [4.69, 9.17) is 4.52 Å². The molecule has 100 valence electrons. The summed E-state index contributed by atoms with van der Waals surface area (Å²) in [4.78, 5) is 11.3. The second-order valence-corrected chi connectivity index (χ2v) is 5.45. The molecule has 1 unspecified atom stereocenters. The zero-order valence-corrected chi connectivity index (χ0v) is 11.4. The fourth-order valence-corrected chi connectivity index (χ4v) is 2.67. The zero-order valence-electron chi connectivity index (χ0n) is 10.6. The van der Waals surface area contributed by atoms with Gasteiger partial charge in [0.2, 0.25) is 0 Å². The Kier molecular flexibility index (Phi) is 4.63. The number of carboxylic acids is 1. The molecule has 4 nitrogen and oxygen atoms in total. The van der Waals surface area contributed by atoms with Crippen molar-refractivity contribution in [3.63, 3.8) is 0 Å². The number of hydrogen-bond acceptors (Lipinski definition) is 4. The van der Waals surface area contributed by atoms with Gasteiger partial charge in [0.1, 0.15) is 11.0 Å². The molecule has 0 radical (unpaired) electrons. The number of carbonyl (C=O) groups is 1. The highest BCUT2D eigenvalue weighted by Crippen LogP contribution is 2.22. The first-order chi connectivity index (χ1) is 9.15. The molecule has 2 rings (SSSR count). The molecule has 0 spiro atoms. The number of carboxylic acid groups (broad SMARTS) is 1. The molecule has 2 aromatic rings. The van der Waals surface area contributed by atoms with Gasteiger partial charge in [-0.05, 0) is 18.9 Å². The lowest BCUT2D eigenvalue weighted by Gasteiger charge is -2.10. The van der Waals surface area contributed by atoms with E-state index in [9.17, 15) is 9.90 Å². The van der Waals surface area contributed by atoms with Gasteiger partial charge in [-0.1, -0.05) is 35.5 Å². The number of nitrogens with zero attached hydrogens (tertiary/aromatic N) is 1. The standard InChI is InChI=1S/C14H15NO3S/c1-10-7-12(18-15-10)9-19-13(14(16)17)8-11-5-3-2-4-6-11/h2-7,13H,8-9H2,1H3,(H,16,17). The van der Waals surface area contributed by atoms with Crippen LogP contribution in [-0.4, -0.2) is 21.5 Å². The molecule has 0 aliphatic rings. The highest BCUT2D eigenvalue weighted by atomic mass is 32.2.